The molecule has 5 rings (SSSR count). The van der Waals surface area contributed by atoms with Gasteiger partial charge in [-0.05, 0) is 55.1 Å². The smallest absolute Gasteiger partial charge is 0.160 e. The van der Waals surface area contributed by atoms with Crippen LogP contribution in [-0.2, 0) is 23.3 Å². The van der Waals surface area contributed by atoms with E-state index in [1.807, 2.05) is 30.3 Å². The number of hydrogen-bond acceptors (Lipinski definition) is 5. The van der Waals surface area contributed by atoms with Crippen molar-refractivity contribution in [2.24, 2.45) is 0 Å². The van der Waals surface area contributed by atoms with Gasteiger partial charge in [-0.1, -0.05) is 60.7 Å². The highest BCUT2D eigenvalue weighted by Crippen LogP contribution is 2.44. The summed E-state index contributed by atoms with van der Waals surface area (Å²) in [6.45, 7) is 4.49. The fourth-order valence-electron chi connectivity index (χ4n) is 4.85. The van der Waals surface area contributed by atoms with E-state index in [0.29, 0.717) is 19.8 Å². The number of fused-ring (bicyclic) bond motifs is 2. The summed E-state index contributed by atoms with van der Waals surface area (Å²) < 4.78 is 7.36. The van der Waals surface area contributed by atoms with Crippen LogP contribution >= 0.6 is 11.3 Å². The van der Waals surface area contributed by atoms with Gasteiger partial charge in [-0.3, -0.25) is 4.79 Å². The molecule has 0 fully saturated rings. The first kappa shape index (κ1) is 22.0. The number of benzene rings is 3. The molecule has 0 saturated heterocycles. The van der Waals surface area contributed by atoms with E-state index in [1.54, 1.807) is 18.3 Å². The molecule has 0 aliphatic carbocycles. The molecule has 1 aromatic heterocycles. The molecule has 4 nitrogen and oxygen atoms in total. The van der Waals surface area contributed by atoms with E-state index in [1.165, 1.54) is 15.8 Å². The van der Waals surface area contributed by atoms with Crippen LogP contribution in [-0.4, -0.2) is 23.9 Å². The molecule has 168 valence electrons. The quantitative estimate of drug-likeness (QED) is 0.265. The maximum atomic E-state index is 11.9. The second kappa shape index (κ2) is 9.56. The van der Waals surface area contributed by atoms with Gasteiger partial charge in [0.1, 0.15) is 5.01 Å². The van der Waals surface area contributed by atoms with Crippen molar-refractivity contribution in [1.82, 2.24) is 10.3 Å². The lowest BCUT2D eigenvalue weighted by Gasteiger charge is -2.37. The highest BCUT2D eigenvalue weighted by molar-refractivity contribution is 7.18. The maximum Gasteiger partial charge on any atom is 0.160 e. The third kappa shape index (κ3) is 4.36. The highest BCUT2D eigenvalue weighted by Gasteiger charge is 2.41. The molecule has 1 unspecified atom stereocenters. The topological polar surface area (TPSA) is 51.2 Å². The third-order valence-corrected chi connectivity index (χ3v) is 7.75. The van der Waals surface area contributed by atoms with E-state index < -0.39 is 0 Å². The van der Waals surface area contributed by atoms with Crippen molar-refractivity contribution < 1.29 is 9.53 Å². The van der Waals surface area contributed by atoms with Crippen molar-refractivity contribution in [3.8, 4) is 0 Å². The SMILES string of the molecule is CC(=O)c1ccccc1CNCCCC1(c2nc3ccccc3s2)COCc2ccccc21. The molecule has 33 heavy (non-hydrogen) atoms. The van der Waals surface area contributed by atoms with Crippen molar-refractivity contribution >= 4 is 27.3 Å². The molecule has 1 aliphatic heterocycles. The van der Waals surface area contributed by atoms with Crippen LogP contribution in [0.15, 0.2) is 72.8 Å². The number of thiazole rings is 1. The molecular weight excluding hydrogens is 428 g/mol. The van der Waals surface area contributed by atoms with Gasteiger partial charge >= 0.3 is 0 Å². The molecule has 2 heterocycles. The number of nitrogens with one attached hydrogen (secondary N) is 1. The molecule has 1 atom stereocenters. The van der Waals surface area contributed by atoms with Gasteiger partial charge in [-0.25, -0.2) is 4.98 Å². The Labute approximate surface area is 198 Å². The average molecular weight is 457 g/mol. The third-order valence-electron chi connectivity index (χ3n) is 6.51. The molecule has 0 spiro atoms. The largest absolute Gasteiger partial charge is 0.375 e. The van der Waals surface area contributed by atoms with Crippen molar-refractivity contribution in [2.75, 3.05) is 13.2 Å². The first-order valence-corrected chi connectivity index (χ1v) is 12.3. The van der Waals surface area contributed by atoms with Crippen molar-refractivity contribution in [3.63, 3.8) is 0 Å². The molecule has 0 saturated carbocycles. The van der Waals surface area contributed by atoms with Crippen molar-refractivity contribution in [2.45, 2.75) is 38.3 Å². The molecule has 5 heteroatoms. The summed E-state index contributed by atoms with van der Waals surface area (Å²) in [6, 6.07) is 24.8. The zero-order valence-corrected chi connectivity index (χ0v) is 19.7. The number of aromatic nitrogens is 1. The lowest BCUT2D eigenvalue weighted by atomic mass is 9.74. The van der Waals surface area contributed by atoms with Crippen LogP contribution < -0.4 is 5.32 Å². The van der Waals surface area contributed by atoms with E-state index >= 15 is 0 Å². The summed E-state index contributed by atoms with van der Waals surface area (Å²) in [6.07, 6.45) is 1.93. The Kier molecular flexibility index (Phi) is 6.36. The Bertz CT molecular complexity index is 1250. The van der Waals surface area contributed by atoms with Crippen LogP contribution in [0.2, 0.25) is 0 Å². The van der Waals surface area contributed by atoms with Crippen LogP contribution in [0.4, 0.5) is 0 Å². The first-order chi connectivity index (χ1) is 16.2. The molecular formula is C28H28N2O2S. The van der Waals surface area contributed by atoms with E-state index in [2.05, 4.69) is 47.8 Å². The Balaban J connectivity index is 1.36. The Morgan fingerprint density at radius 1 is 1.06 bits per heavy atom. The number of ketones is 1. The standard InChI is InChI=1S/C28H28N2O2S/c1-20(31)23-11-4-2-9-21(23)17-29-16-8-15-28(19-32-18-22-10-3-5-12-24(22)28)27-30-25-13-6-7-14-26(25)33-27/h2-7,9-14,29H,8,15-19H2,1H3. The second-order valence-corrected chi connectivity index (χ2v) is 9.74. The van der Waals surface area contributed by atoms with Gasteiger partial charge in [-0.2, -0.15) is 0 Å². The van der Waals surface area contributed by atoms with Crippen LogP contribution in [0.5, 0.6) is 0 Å². The van der Waals surface area contributed by atoms with Gasteiger partial charge in [0.2, 0.25) is 0 Å². The van der Waals surface area contributed by atoms with E-state index in [4.69, 9.17) is 9.72 Å². The maximum absolute atomic E-state index is 11.9. The summed E-state index contributed by atoms with van der Waals surface area (Å²) in [5.41, 5.74) is 5.27. The number of hydrogen-bond donors (Lipinski definition) is 1. The Morgan fingerprint density at radius 2 is 1.85 bits per heavy atom. The number of ether oxygens (including phenoxy) is 1. The number of nitrogens with zero attached hydrogens (tertiary/aromatic N) is 1. The van der Waals surface area contributed by atoms with Gasteiger partial charge in [-0.15, -0.1) is 11.3 Å². The minimum Gasteiger partial charge on any atom is -0.375 e. The summed E-state index contributed by atoms with van der Waals surface area (Å²) in [4.78, 5) is 17.0. The molecule has 1 N–H and O–H groups in total. The highest BCUT2D eigenvalue weighted by atomic mass is 32.1. The van der Waals surface area contributed by atoms with Crippen LogP contribution in [0.25, 0.3) is 10.2 Å². The second-order valence-electron chi connectivity index (χ2n) is 8.71. The zero-order chi connectivity index (χ0) is 22.7. The van der Waals surface area contributed by atoms with Gasteiger partial charge in [0.15, 0.2) is 5.78 Å². The van der Waals surface area contributed by atoms with Crippen LogP contribution in [0.1, 0.15) is 51.8 Å². The molecule has 0 radical (unpaired) electrons. The minimum atomic E-state index is -0.239. The predicted octanol–water partition coefficient (Wildman–Crippen LogP) is 5.89. The molecule has 1 aliphatic rings. The van der Waals surface area contributed by atoms with Crippen molar-refractivity contribution in [3.05, 3.63) is 100 Å². The van der Waals surface area contributed by atoms with Gasteiger partial charge in [0, 0.05) is 12.1 Å². The summed E-state index contributed by atoms with van der Waals surface area (Å²) in [5.74, 6) is 0.109. The molecule has 4 aromatic rings. The Hall–Kier alpha value is -2.86. The first-order valence-electron chi connectivity index (χ1n) is 11.5. The van der Waals surface area contributed by atoms with E-state index in [0.717, 1.165) is 41.0 Å². The van der Waals surface area contributed by atoms with Gasteiger partial charge in [0.25, 0.3) is 0 Å². The zero-order valence-electron chi connectivity index (χ0n) is 18.8. The molecule has 0 amide bonds. The predicted molar refractivity (Wildman–Crippen MR) is 134 cm³/mol. The summed E-state index contributed by atoms with van der Waals surface area (Å²) >= 11 is 1.78. The minimum absolute atomic E-state index is 0.109. The number of para-hydroxylation sites is 1. The number of Topliss-reactive ketones (excluding diaryl/α,β-unsaturated/α-hetero) is 1. The number of carbonyl (C=O) groups excluding carboxylic acids is 1. The summed E-state index contributed by atoms with van der Waals surface area (Å²) in [5, 5.41) is 4.68. The number of carbonyl (C=O) groups is 1. The van der Waals surface area contributed by atoms with Gasteiger partial charge < -0.3 is 10.1 Å². The van der Waals surface area contributed by atoms with E-state index in [-0.39, 0.29) is 11.2 Å². The number of rotatable bonds is 8. The fraction of sp³-hybridized carbons (Fsp3) is 0.286. The van der Waals surface area contributed by atoms with Crippen LogP contribution in [0.3, 0.4) is 0 Å². The average Bonchev–Trinajstić information content (AvgIpc) is 3.29. The fourth-order valence-corrected chi connectivity index (χ4v) is 6.03. The monoisotopic (exact) mass is 456 g/mol. The summed E-state index contributed by atoms with van der Waals surface area (Å²) in [7, 11) is 0. The van der Waals surface area contributed by atoms with Crippen LogP contribution in [0, 0.1) is 0 Å². The van der Waals surface area contributed by atoms with Crippen molar-refractivity contribution in [1.29, 1.82) is 0 Å². The lowest BCUT2D eigenvalue weighted by Crippen LogP contribution is -2.38. The van der Waals surface area contributed by atoms with Gasteiger partial charge in [0.05, 0.1) is 28.8 Å². The van der Waals surface area contributed by atoms with E-state index in [9.17, 15) is 4.79 Å². The Morgan fingerprint density at radius 3 is 2.73 bits per heavy atom. The molecule has 0 bridgehead atoms. The molecule has 3 aromatic carbocycles. The lowest BCUT2D eigenvalue weighted by molar-refractivity contribution is 0.0613. The normalized spacial score (nSPS) is 17.7.